The van der Waals surface area contributed by atoms with Gasteiger partial charge >= 0.3 is 0 Å². The molecule has 0 unspecified atom stereocenters. The zero-order valence-corrected chi connectivity index (χ0v) is 12.8. The Morgan fingerprint density at radius 3 is 2.52 bits per heavy atom. The lowest BCUT2D eigenvalue weighted by Crippen LogP contribution is -2.15. The van der Waals surface area contributed by atoms with E-state index >= 15 is 0 Å². The van der Waals surface area contributed by atoms with Gasteiger partial charge in [0.15, 0.2) is 11.5 Å². The zero-order valence-electron chi connectivity index (χ0n) is 12.8. The van der Waals surface area contributed by atoms with Crippen LogP contribution in [0.4, 0.5) is 5.95 Å². The van der Waals surface area contributed by atoms with E-state index in [-0.39, 0.29) is 5.56 Å². The first-order valence-electron chi connectivity index (χ1n) is 6.95. The molecule has 2 N–H and O–H groups in total. The Morgan fingerprint density at radius 1 is 1.24 bits per heavy atom. The van der Waals surface area contributed by atoms with Crippen LogP contribution in [0, 0.1) is 5.92 Å². The van der Waals surface area contributed by atoms with Gasteiger partial charge in [0, 0.05) is 12.6 Å². The Kier molecular flexibility index (Phi) is 4.67. The van der Waals surface area contributed by atoms with Gasteiger partial charge in [-0.3, -0.25) is 9.78 Å². The number of aromatic nitrogens is 2. The summed E-state index contributed by atoms with van der Waals surface area (Å²) in [4.78, 5) is 19.3. The fraction of sp³-hybridized carbons (Fsp3) is 0.467. The Hall–Kier alpha value is -2.24. The van der Waals surface area contributed by atoms with Crippen LogP contribution >= 0.6 is 0 Å². The average Bonchev–Trinajstić information content (AvgIpc) is 2.45. The molecule has 0 saturated heterocycles. The van der Waals surface area contributed by atoms with E-state index in [4.69, 9.17) is 9.47 Å². The summed E-state index contributed by atoms with van der Waals surface area (Å²) in [5, 5.41) is 3.61. The number of methoxy groups -OCH3 is 2. The summed E-state index contributed by atoms with van der Waals surface area (Å²) in [7, 11) is 3.09. The van der Waals surface area contributed by atoms with E-state index in [2.05, 4.69) is 29.1 Å². The molecule has 0 atom stereocenters. The Morgan fingerprint density at radius 2 is 1.90 bits per heavy atom. The van der Waals surface area contributed by atoms with E-state index in [0.29, 0.717) is 34.3 Å². The van der Waals surface area contributed by atoms with Crippen molar-refractivity contribution < 1.29 is 9.47 Å². The summed E-state index contributed by atoms with van der Waals surface area (Å²) >= 11 is 0. The summed E-state index contributed by atoms with van der Waals surface area (Å²) in [5.41, 5.74) is 0.372. The van der Waals surface area contributed by atoms with Gasteiger partial charge in [-0.2, -0.15) is 0 Å². The highest BCUT2D eigenvalue weighted by atomic mass is 16.5. The van der Waals surface area contributed by atoms with Gasteiger partial charge in [-0.25, -0.2) is 4.98 Å². The van der Waals surface area contributed by atoms with Gasteiger partial charge in [-0.15, -0.1) is 0 Å². The first-order valence-corrected chi connectivity index (χ1v) is 6.95. The van der Waals surface area contributed by atoms with Crippen molar-refractivity contribution in [1.29, 1.82) is 0 Å². The van der Waals surface area contributed by atoms with E-state index in [1.165, 1.54) is 7.11 Å². The van der Waals surface area contributed by atoms with Crippen molar-refractivity contribution in [2.45, 2.75) is 20.3 Å². The molecule has 0 aliphatic heterocycles. The van der Waals surface area contributed by atoms with Crippen molar-refractivity contribution in [1.82, 2.24) is 9.97 Å². The molecule has 0 aliphatic rings. The second kappa shape index (κ2) is 6.47. The molecular weight excluding hydrogens is 270 g/mol. The van der Waals surface area contributed by atoms with Gasteiger partial charge in [-0.05, 0) is 18.4 Å². The van der Waals surface area contributed by atoms with E-state index < -0.39 is 0 Å². The highest BCUT2D eigenvalue weighted by Crippen LogP contribution is 2.30. The molecule has 0 radical (unpaired) electrons. The lowest BCUT2D eigenvalue weighted by Gasteiger charge is -2.10. The third kappa shape index (κ3) is 3.45. The molecule has 1 heterocycles. The molecule has 1 aromatic heterocycles. The lowest BCUT2D eigenvalue weighted by molar-refractivity contribution is 0.355. The lowest BCUT2D eigenvalue weighted by atomic mass is 10.1. The third-order valence-electron chi connectivity index (χ3n) is 3.22. The number of H-pyrrole nitrogens is 1. The predicted molar refractivity (Wildman–Crippen MR) is 83.4 cm³/mol. The minimum atomic E-state index is -0.201. The van der Waals surface area contributed by atoms with Crippen molar-refractivity contribution in [2.75, 3.05) is 26.1 Å². The predicted octanol–water partition coefficient (Wildman–Crippen LogP) is 2.40. The summed E-state index contributed by atoms with van der Waals surface area (Å²) in [5.74, 6) is 2.13. The molecule has 0 aliphatic carbocycles. The number of fused-ring (bicyclic) bond motifs is 1. The number of nitrogens with zero attached hydrogens (tertiary/aromatic N) is 1. The normalized spacial score (nSPS) is 10.9. The van der Waals surface area contributed by atoms with Crippen LogP contribution in [0.2, 0.25) is 0 Å². The van der Waals surface area contributed by atoms with Crippen LogP contribution in [0.5, 0.6) is 11.5 Å². The first kappa shape index (κ1) is 15.2. The molecular formula is C15H21N3O3. The third-order valence-corrected chi connectivity index (χ3v) is 3.22. The molecule has 6 nitrogen and oxygen atoms in total. The summed E-state index contributed by atoms with van der Waals surface area (Å²) in [6.07, 6.45) is 1.01. The number of aromatic amines is 1. The van der Waals surface area contributed by atoms with E-state index in [1.54, 1.807) is 19.2 Å². The van der Waals surface area contributed by atoms with Crippen LogP contribution in [0.25, 0.3) is 10.9 Å². The Bertz CT molecular complexity index is 680. The van der Waals surface area contributed by atoms with Crippen molar-refractivity contribution in [3.8, 4) is 11.5 Å². The van der Waals surface area contributed by atoms with Gasteiger partial charge in [0.2, 0.25) is 5.95 Å². The number of anilines is 1. The van der Waals surface area contributed by atoms with Crippen LogP contribution in [0.3, 0.4) is 0 Å². The minimum Gasteiger partial charge on any atom is -0.493 e. The van der Waals surface area contributed by atoms with Gasteiger partial charge in [0.05, 0.1) is 25.1 Å². The maximum atomic E-state index is 12.1. The van der Waals surface area contributed by atoms with E-state index in [1.807, 2.05) is 0 Å². The second-order valence-electron chi connectivity index (χ2n) is 5.25. The van der Waals surface area contributed by atoms with Crippen LogP contribution in [0.1, 0.15) is 20.3 Å². The van der Waals surface area contributed by atoms with Crippen LogP contribution in [-0.2, 0) is 0 Å². The van der Waals surface area contributed by atoms with Crippen molar-refractivity contribution >= 4 is 16.9 Å². The molecule has 2 aromatic rings. The van der Waals surface area contributed by atoms with Crippen molar-refractivity contribution in [3.05, 3.63) is 22.5 Å². The molecule has 1 aromatic carbocycles. The SMILES string of the molecule is COc1cc2nc(NCCC(C)C)[nH]c(=O)c2cc1OC. The Labute approximate surface area is 123 Å². The average molecular weight is 291 g/mol. The molecule has 21 heavy (non-hydrogen) atoms. The number of hydrogen-bond donors (Lipinski definition) is 2. The quantitative estimate of drug-likeness (QED) is 0.854. The minimum absolute atomic E-state index is 0.201. The van der Waals surface area contributed by atoms with Gasteiger partial charge in [0.1, 0.15) is 0 Å². The number of nitrogens with one attached hydrogen (secondary N) is 2. The topological polar surface area (TPSA) is 76.2 Å². The zero-order chi connectivity index (χ0) is 15.4. The van der Waals surface area contributed by atoms with Gasteiger partial charge in [-0.1, -0.05) is 13.8 Å². The largest absolute Gasteiger partial charge is 0.493 e. The monoisotopic (exact) mass is 291 g/mol. The first-order chi connectivity index (χ1) is 10.0. The number of rotatable bonds is 6. The Balaban J connectivity index is 2.38. The summed E-state index contributed by atoms with van der Waals surface area (Å²) < 4.78 is 10.4. The smallest absolute Gasteiger partial charge is 0.260 e. The number of hydrogen-bond acceptors (Lipinski definition) is 5. The van der Waals surface area contributed by atoms with Gasteiger partial charge in [0.25, 0.3) is 5.56 Å². The number of ether oxygens (including phenoxy) is 2. The molecule has 0 saturated carbocycles. The second-order valence-corrected chi connectivity index (χ2v) is 5.25. The molecule has 114 valence electrons. The molecule has 0 bridgehead atoms. The van der Waals surface area contributed by atoms with Crippen molar-refractivity contribution in [3.63, 3.8) is 0 Å². The molecule has 0 amide bonds. The maximum Gasteiger partial charge on any atom is 0.260 e. The van der Waals surface area contributed by atoms with Crippen LogP contribution in [0.15, 0.2) is 16.9 Å². The highest BCUT2D eigenvalue weighted by molar-refractivity contribution is 5.82. The molecule has 0 spiro atoms. The van der Waals surface area contributed by atoms with E-state index in [0.717, 1.165) is 13.0 Å². The van der Waals surface area contributed by atoms with Crippen LogP contribution < -0.4 is 20.3 Å². The van der Waals surface area contributed by atoms with Crippen molar-refractivity contribution in [2.24, 2.45) is 5.92 Å². The maximum absolute atomic E-state index is 12.1. The molecule has 6 heteroatoms. The summed E-state index contributed by atoms with van der Waals surface area (Å²) in [6, 6.07) is 3.34. The van der Waals surface area contributed by atoms with E-state index in [9.17, 15) is 4.79 Å². The molecule has 2 rings (SSSR count). The fourth-order valence-electron chi connectivity index (χ4n) is 2.03. The summed E-state index contributed by atoms with van der Waals surface area (Å²) in [6.45, 7) is 5.06. The highest BCUT2D eigenvalue weighted by Gasteiger charge is 2.10. The molecule has 0 fully saturated rings. The number of benzene rings is 1. The standard InChI is InChI=1S/C15H21N3O3/c1-9(2)5-6-16-15-17-11-8-13(21-4)12(20-3)7-10(11)14(19)18-15/h7-9H,5-6H2,1-4H3,(H2,16,17,18,19). The fourth-order valence-corrected chi connectivity index (χ4v) is 2.03. The van der Waals surface area contributed by atoms with Crippen LogP contribution in [-0.4, -0.2) is 30.7 Å². The van der Waals surface area contributed by atoms with Gasteiger partial charge < -0.3 is 14.8 Å².